The van der Waals surface area contributed by atoms with E-state index in [1.807, 2.05) is 0 Å². The van der Waals surface area contributed by atoms with Crippen molar-refractivity contribution in [3.05, 3.63) is 0 Å². The minimum atomic E-state index is 0.168. The molecule has 0 bridgehead atoms. The van der Waals surface area contributed by atoms with E-state index in [1.165, 1.54) is 19.3 Å². The van der Waals surface area contributed by atoms with Gasteiger partial charge in [0.15, 0.2) is 0 Å². The van der Waals surface area contributed by atoms with Crippen molar-refractivity contribution in [2.45, 2.75) is 70.9 Å². The maximum atomic E-state index is 12.1. The summed E-state index contributed by atoms with van der Waals surface area (Å²) in [5.74, 6) is 1.47. The monoisotopic (exact) mass is 296 g/mol. The van der Waals surface area contributed by atoms with Crippen molar-refractivity contribution in [2.24, 2.45) is 11.8 Å². The first-order chi connectivity index (χ1) is 10.2. The van der Waals surface area contributed by atoms with Crippen molar-refractivity contribution in [3.8, 4) is 0 Å². The van der Waals surface area contributed by atoms with Crippen molar-refractivity contribution in [1.29, 1.82) is 0 Å². The smallest absolute Gasteiger partial charge is 0.222 e. The minimum Gasteiger partial charge on any atom is -0.378 e. The average Bonchev–Trinajstić information content (AvgIpc) is 2.48. The molecule has 1 aliphatic carbocycles. The molecule has 2 rings (SSSR count). The zero-order valence-electron chi connectivity index (χ0n) is 13.7. The van der Waals surface area contributed by atoms with Crippen LogP contribution in [0.2, 0.25) is 0 Å². The lowest BCUT2D eigenvalue weighted by atomic mass is 9.78. The highest BCUT2D eigenvalue weighted by molar-refractivity contribution is 5.76. The van der Waals surface area contributed by atoms with E-state index in [0.717, 1.165) is 32.4 Å². The normalized spacial score (nSPS) is 27.8. The topological polar surface area (TPSA) is 50.4 Å². The van der Waals surface area contributed by atoms with Crippen LogP contribution >= 0.6 is 0 Å². The van der Waals surface area contributed by atoms with Gasteiger partial charge in [0.05, 0.1) is 12.7 Å². The van der Waals surface area contributed by atoms with Crippen molar-refractivity contribution < 1.29 is 9.53 Å². The molecule has 0 spiro atoms. The van der Waals surface area contributed by atoms with E-state index in [1.54, 1.807) is 0 Å². The van der Waals surface area contributed by atoms with E-state index in [2.05, 4.69) is 24.5 Å². The molecule has 2 atom stereocenters. The third-order valence-corrected chi connectivity index (χ3v) is 4.99. The molecule has 1 saturated carbocycles. The molecule has 1 heterocycles. The Morgan fingerprint density at radius 3 is 2.62 bits per heavy atom. The van der Waals surface area contributed by atoms with E-state index < -0.39 is 0 Å². The highest BCUT2D eigenvalue weighted by Gasteiger charge is 2.28. The van der Waals surface area contributed by atoms with Crippen LogP contribution in [0.25, 0.3) is 0 Å². The number of rotatable bonds is 6. The molecule has 4 heteroatoms. The standard InChI is InChI=1S/C17H32N2O2/c1-13(2)15-5-3-4-6-16(15)19-17(20)9-12-21-14-7-10-18-11-8-14/h13-16,18H,3-12H2,1-2H3,(H,19,20). The Bertz CT molecular complexity index is 314. The van der Waals surface area contributed by atoms with Gasteiger partial charge in [-0.2, -0.15) is 0 Å². The number of piperidine rings is 1. The summed E-state index contributed by atoms with van der Waals surface area (Å²) < 4.78 is 5.82. The maximum Gasteiger partial charge on any atom is 0.222 e. The lowest BCUT2D eigenvalue weighted by Crippen LogP contribution is -2.44. The summed E-state index contributed by atoms with van der Waals surface area (Å²) in [5.41, 5.74) is 0. The molecular weight excluding hydrogens is 264 g/mol. The number of nitrogens with one attached hydrogen (secondary N) is 2. The number of amides is 1. The van der Waals surface area contributed by atoms with Crippen LogP contribution < -0.4 is 10.6 Å². The highest BCUT2D eigenvalue weighted by atomic mass is 16.5. The molecule has 2 fully saturated rings. The van der Waals surface area contributed by atoms with Gasteiger partial charge in [-0.3, -0.25) is 4.79 Å². The third-order valence-electron chi connectivity index (χ3n) is 4.99. The van der Waals surface area contributed by atoms with Gasteiger partial charge in [-0.25, -0.2) is 0 Å². The van der Waals surface area contributed by atoms with Crippen LogP contribution in [-0.2, 0) is 9.53 Å². The van der Waals surface area contributed by atoms with E-state index in [-0.39, 0.29) is 5.91 Å². The molecule has 1 saturated heterocycles. The van der Waals surface area contributed by atoms with Gasteiger partial charge in [0.1, 0.15) is 0 Å². The van der Waals surface area contributed by atoms with Gasteiger partial charge in [0.2, 0.25) is 5.91 Å². The molecule has 0 aromatic rings. The van der Waals surface area contributed by atoms with Gasteiger partial charge >= 0.3 is 0 Å². The summed E-state index contributed by atoms with van der Waals surface area (Å²) in [4.78, 5) is 12.1. The number of carbonyl (C=O) groups is 1. The van der Waals surface area contributed by atoms with Crippen LogP contribution in [-0.4, -0.2) is 37.7 Å². The van der Waals surface area contributed by atoms with Gasteiger partial charge in [0, 0.05) is 12.5 Å². The molecule has 1 amide bonds. The number of hydrogen-bond donors (Lipinski definition) is 2. The second kappa shape index (κ2) is 8.74. The molecule has 122 valence electrons. The van der Waals surface area contributed by atoms with Gasteiger partial charge in [0.25, 0.3) is 0 Å². The Morgan fingerprint density at radius 2 is 1.90 bits per heavy atom. The van der Waals surface area contributed by atoms with Crippen LogP contribution in [0.4, 0.5) is 0 Å². The Hall–Kier alpha value is -0.610. The lowest BCUT2D eigenvalue weighted by Gasteiger charge is -2.35. The van der Waals surface area contributed by atoms with Crippen molar-refractivity contribution in [3.63, 3.8) is 0 Å². The Morgan fingerprint density at radius 1 is 1.19 bits per heavy atom. The highest BCUT2D eigenvalue weighted by Crippen LogP contribution is 2.30. The zero-order valence-corrected chi connectivity index (χ0v) is 13.7. The van der Waals surface area contributed by atoms with E-state index in [0.29, 0.717) is 37.0 Å². The van der Waals surface area contributed by atoms with E-state index in [4.69, 9.17) is 4.74 Å². The van der Waals surface area contributed by atoms with Crippen molar-refractivity contribution in [2.75, 3.05) is 19.7 Å². The largest absolute Gasteiger partial charge is 0.378 e. The minimum absolute atomic E-state index is 0.168. The summed E-state index contributed by atoms with van der Waals surface area (Å²) in [7, 11) is 0. The van der Waals surface area contributed by atoms with Crippen LogP contribution in [0.3, 0.4) is 0 Å². The van der Waals surface area contributed by atoms with Crippen molar-refractivity contribution >= 4 is 5.91 Å². The zero-order chi connectivity index (χ0) is 15.1. The van der Waals surface area contributed by atoms with Crippen LogP contribution in [0, 0.1) is 11.8 Å². The fraction of sp³-hybridized carbons (Fsp3) is 0.941. The lowest BCUT2D eigenvalue weighted by molar-refractivity contribution is -0.124. The Labute approximate surface area is 129 Å². The predicted molar refractivity (Wildman–Crippen MR) is 85.2 cm³/mol. The first kappa shape index (κ1) is 16.8. The average molecular weight is 296 g/mol. The van der Waals surface area contributed by atoms with Crippen molar-refractivity contribution in [1.82, 2.24) is 10.6 Å². The van der Waals surface area contributed by atoms with Crippen LogP contribution in [0.15, 0.2) is 0 Å². The van der Waals surface area contributed by atoms with E-state index >= 15 is 0 Å². The predicted octanol–water partition coefficient (Wildman–Crippen LogP) is 2.48. The second-order valence-electron chi connectivity index (χ2n) is 6.94. The summed E-state index contributed by atoms with van der Waals surface area (Å²) in [6, 6.07) is 0.380. The second-order valence-corrected chi connectivity index (χ2v) is 6.94. The molecular formula is C17H32N2O2. The fourth-order valence-electron chi connectivity index (χ4n) is 3.70. The number of carbonyl (C=O) groups excluding carboxylic acids is 1. The SMILES string of the molecule is CC(C)C1CCCCC1NC(=O)CCOC1CCNCC1. The molecule has 4 nitrogen and oxygen atoms in total. The number of hydrogen-bond acceptors (Lipinski definition) is 3. The molecule has 21 heavy (non-hydrogen) atoms. The van der Waals surface area contributed by atoms with Gasteiger partial charge in [-0.1, -0.05) is 26.7 Å². The fourth-order valence-corrected chi connectivity index (χ4v) is 3.70. The molecule has 2 unspecified atom stereocenters. The van der Waals surface area contributed by atoms with Gasteiger partial charge in [-0.05, 0) is 50.6 Å². The Kier molecular flexibility index (Phi) is 6.97. The molecule has 2 N–H and O–H groups in total. The summed E-state index contributed by atoms with van der Waals surface area (Å²) >= 11 is 0. The van der Waals surface area contributed by atoms with Crippen LogP contribution in [0.1, 0.15) is 58.8 Å². The quantitative estimate of drug-likeness (QED) is 0.791. The van der Waals surface area contributed by atoms with E-state index in [9.17, 15) is 4.79 Å². The first-order valence-electron chi connectivity index (χ1n) is 8.78. The summed E-state index contributed by atoms with van der Waals surface area (Å²) in [6.45, 7) is 7.18. The molecule has 0 radical (unpaired) electrons. The van der Waals surface area contributed by atoms with Gasteiger partial charge in [-0.15, -0.1) is 0 Å². The van der Waals surface area contributed by atoms with Crippen LogP contribution in [0.5, 0.6) is 0 Å². The Balaban J connectivity index is 1.65. The summed E-state index contributed by atoms with van der Waals surface area (Å²) in [5, 5.41) is 6.58. The summed E-state index contributed by atoms with van der Waals surface area (Å²) in [6.07, 6.45) is 7.95. The first-order valence-corrected chi connectivity index (χ1v) is 8.78. The molecule has 1 aliphatic heterocycles. The number of ether oxygens (including phenoxy) is 1. The molecule has 0 aromatic heterocycles. The molecule has 2 aliphatic rings. The van der Waals surface area contributed by atoms with Gasteiger partial charge < -0.3 is 15.4 Å². The third kappa shape index (κ3) is 5.59. The maximum absolute atomic E-state index is 12.1. The molecule has 0 aromatic carbocycles.